The summed E-state index contributed by atoms with van der Waals surface area (Å²) in [6.45, 7) is 1.38. The molecule has 0 aliphatic heterocycles. The van der Waals surface area contributed by atoms with E-state index in [1.54, 1.807) is 0 Å². The Bertz CT molecular complexity index is 790. The zero-order chi connectivity index (χ0) is 15.6. The van der Waals surface area contributed by atoms with Crippen LogP contribution in [0, 0.1) is 0 Å². The first-order valence-electron chi connectivity index (χ1n) is 5.76. The number of carboxylic acid groups (broad SMARTS) is 1. The molecule has 8 heteroatoms. The highest BCUT2D eigenvalue weighted by atomic mass is 32.2. The second-order valence-corrected chi connectivity index (χ2v) is 6.75. The van der Waals surface area contributed by atoms with Gasteiger partial charge in [-0.2, -0.15) is 0 Å². The van der Waals surface area contributed by atoms with Crippen molar-refractivity contribution >= 4 is 38.8 Å². The average molecular weight is 325 g/mol. The van der Waals surface area contributed by atoms with Crippen LogP contribution < -0.4 is 4.72 Å². The van der Waals surface area contributed by atoms with E-state index in [4.69, 9.17) is 5.11 Å². The molecule has 0 aliphatic carbocycles. The van der Waals surface area contributed by atoms with Gasteiger partial charge in [0.05, 0.1) is 10.6 Å². The van der Waals surface area contributed by atoms with Crippen molar-refractivity contribution in [1.29, 1.82) is 0 Å². The van der Waals surface area contributed by atoms with Gasteiger partial charge in [0.2, 0.25) is 0 Å². The Labute approximate surface area is 125 Å². The van der Waals surface area contributed by atoms with Gasteiger partial charge in [0.1, 0.15) is 4.88 Å². The van der Waals surface area contributed by atoms with Gasteiger partial charge in [-0.3, -0.25) is 9.52 Å². The lowest BCUT2D eigenvalue weighted by molar-refractivity contribution is 0.0703. The van der Waals surface area contributed by atoms with Gasteiger partial charge >= 0.3 is 5.97 Å². The highest BCUT2D eigenvalue weighted by molar-refractivity contribution is 7.92. The van der Waals surface area contributed by atoms with E-state index in [1.807, 2.05) is 0 Å². The maximum atomic E-state index is 12.2. The molecule has 0 spiro atoms. The number of hydrogen-bond acceptors (Lipinski definition) is 5. The van der Waals surface area contributed by atoms with Crippen molar-refractivity contribution in [1.82, 2.24) is 0 Å². The highest BCUT2D eigenvalue weighted by Crippen LogP contribution is 2.25. The summed E-state index contributed by atoms with van der Waals surface area (Å²) in [4.78, 5) is 22.0. The third-order valence-corrected chi connectivity index (χ3v) is 4.96. The van der Waals surface area contributed by atoms with Crippen molar-refractivity contribution in [3.63, 3.8) is 0 Å². The smallest absolute Gasteiger partial charge is 0.348 e. The molecule has 2 aromatic rings. The summed E-state index contributed by atoms with van der Waals surface area (Å²) in [5.41, 5.74) is 0.416. The molecule has 0 aliphatic rings. The van der Waals surface area contributed by atoms with Crippen LogP contribution in [0.3, 0.4) is 0 Å². The first-order valence-corrected chi connectivity index (χ1v) is 8.12. The van der Waals surface area contributed by atoms with E-state index < -0.39 is 16.0 Å². The van der Waals surface area contributed by atoms with Crippen LogP contribution in [0.5, 0.6) is 0 Å². The summed E-state index contributed by atoms with van der Waals surface area (Å²) >= 11 is 0.929. The van der Waals surface area contributed by atoms with Gasteiger partial charge in [-0.05, 0) is 30.5 Å². The molecule has 0 atom stereocenters. The SMILES string of the molecule is CC(=O)c1ccc(S(=O)(=O)Nc2ccsc2C(=O)O)cc1. The van der Waals surface area contributed by atoms with Gasteiger partial charge < -0.3 is 5.11 Å². The Hall–Kier alpha value is -2.19. The second kappa shape index (κ2) is 5.66. The quantitative estimate of drug-likeness (QED) is 0.822. The van der Waals surface area contributed by atoms with Crippen molar-refractivity contribution in [2.75, 3.05) is 4.72 Å². The Morgan fingerprint density at radius 2 is 1.76 bits per heavy atom. The molecule has 1 aromatic heterocycles. The third-order valence-electron chi connectivity index (χ3n) is 2.67. The summed E-state index contributed by atoms with van der Waals surface area (Å²) in [7, 11) is -3.90. The number of carbonyl (C=O) groups excluding carboxylic acids is 1. The van der Waals surface area contributed by atoms with E-state index in [1.165, 1.54) is 42.6 Å². The topological polar surface area (TPSA) is 101 Å². The zero-order valence-corrected chi connectivity index (χ0v) is 12.5. The predicted molar refractivity (Wildman–Crippen MR) is 78.5 cm³/mol. The minimum absolute atomic E-state index is 0.0168. The number of nitrogens with one attached hydrogen (secondary N) is 1. The lowest BCUT2D eigenvalue weighted by Crippen LogP contribution is -2.14. The van der Waals surface area contributed by atoms with Gasteiger partial charge in [0, 0.05) is 5.56 Å². The maximum Gasteiger partial charge on any atom is 0.348 e. The summed E-state index contributed by atoms with van der Waals surface area (Å²) in [6.07, 6.45) is 0. The standard InChI is InChI=1S/C13H11NO5S2/c1-8(15)9-2-4-10(5-3-9)21(18,19)14-11-6-7-20-12(11)13(16)17/h2-7,14H,1H3,(H,16,17). The van der Waals surface area contributed by atoms with Crippen molar-refractivity contribution < 1.29 is 23.1 Å². The number of anilines is 1. The van der Waals surface area contributed by atoms with Gasteiger partial charge in [0.25, 0.3) is 10.0 Å². The lowest BCUT2D eigenvalue weighted by Gasteiger charge is -2.08. The number of hydrogen-bond donors (Lipinski definition) is 2. The normalized spacial score (nSPS) is 11.1. The summed E-state index contributed by atoms with van der Waals surface area (Å²) in [5, 5.41) is 10.4. The molecule has 6 nitrogen and oxygen atoms in total. The molecule has 0 amide bonds. The molecule has 0 radical (unpaired) electrons. The third kappa shape index (κ3) is 3.29. The molecule has 0 saturated carbocycles. The number of carboxylic acids is 1. The average Bonchev–Trinajstić information content (AvgIpc) is 2.86. The maximum absolute atomic E-state index is 12.2. The fourth-order valence-corrected chi connectivity index (χ4v) is 3.45. The zero-order valence-electron chi connectivity index (χ0n) is 10.9. The number of ketones is 1. The number of sulfonamides is 1. The Morgan fingerprint density at radius 1 is 1.14 bits per heavy atom. The van der Waals surface area contributed by atoms with Crippen LogP contribution in [0.2, 0.25) is 0 Å². The summed E-state index contributed by atoms with van der Waals surface area (Å²) in [6, 6.07) is 6.79. The van der Waals surface area contributed by atoms with Gasteiger partial charge in [-0.15, -0.1) is 11.3 Å². The minimum Gasteiger partial charge on any atom is -0.477 e. The summed E-state index contributed by atoms with van der Waals surface area (Å²) < 4.78 is 26.6. The van der Waals surface area contributed by atoms with Gasteiger partial charge in [0.15, 0.2) is 5.78 Å². The first kappa shape index (κ1) is 15.2. The van der Waals surface area contributed by atoms with Crippen molar-refractivity contribution in [2.45, 2.75) is 11.8 Å². The minimum atomic E-state index is -3.90. The van der Waals surface area contributed by atoms with Crippen LogP contribution in [0.15, 0.2) is 40.6 Å². The fraction of sp³-hybridized carbons (Fsp3) is 0.0769. The van der Waals surface area contributed by atoms with E-state index in [9.17, 15) is 18.0 Å². The Morgan fingerprint density at radius 3 is 2.29 bits per heavy atom. The van der Waals surface area contributed by atoms with Crippen LogP contribution in [-0.4, -0.2) is 25.3 Å². The van der Waals surface area contributed by atoms with Gasteiger partial charge in [-0.1, -0.05) is 12.1 Å². The molecule has 21 heavy (non-hydrogen) atoms. The van der Waals surface area contributed by atoms with E-state index in [2.05, 4.69) is 4.72 Å². The van der Waals surface area contributed by atoms with E-state index in [-0.39, 0.29) is 21.2 Å². The van der Waals surface area contributed by atoms with E-state index >= 15 is 0 Å². The van der Waals surface area contributed by atoms with E-state index in [0.29, 0.717) is 5.56 Å². The number of aromatic carboxylic acids is 1. The molecule has 0 saturated heterocycles. The van der Waals surface area contributed by atoms with E-state index in [0.717, 1.165) is 11.3 Å². The molecule has 2 N–H and O–H groups in total. The highest BCUT2D eigenvalue weighted by Gasteiger charge is 2.19. The number of carbonyl (C=O) groups is 2. The molecule has 1 aromatic carbocycles. The molecule has 1 heterocycles. The van der Waals surface area contributed by atoms with Crippen molar-refractivity contribution in [2.24, 2.45) is 0 Å². The Balaban J connectivity index is 2.32. The predicted octanol–water partition coefficient (Wildman–Crippen LogP) is 2.45. The van der Waals surface area contributed by atoms with Gasteiger partial charge in [-0.25, -0.2) is 13.2 Å². The van der Waals surface area contributed by atoms with Crippen LogP contribution in [-0.2, 0) is 10.0 Å². The molecule has 0 unspecified atom stereocenters. The van der Waals surface area contributed by atoms with Crippen LogP contribution in [0.4, 0.5) is 5.69 Å². The molecular weight excluding hydrogens is 314 g/mol. The Kier molecular flexibility index (Phi) is 4.10. The van der Waals surface area contributed by atoms with Crippen molar-refractivity contribution in [3.8, 4) is 0 Å². The van der Waals surface area contributed by atoms with Crippen molar-refractivity contribution in [3.05, 3.63) is 46.2 Å². The monoisotopic (exact) mass is 325 g/mol. The molecular formula is C13H11NO5S2. The van der Waals surface area contributed by atoms with Crippen LogP contribution in [0.25, 0.3) is 0 Å². The molecule has 0 fully saturated rings. The molecule has 110 valence electrons. The fourth-order valence-electron chi connectivity index (χ4n) is 1.63. The number of benzene rings is 1. The number of Topliss-reactive ketones (excluding diaryl/α,β-unsaturated/α-hetero) is 1. The molecule has 0 bridgehead atoms. The number of thiophene rings is 1. The van der Waals surface area contributed by atoms with Crippen LogP contribution >= 0.6 is 11.3 Å². The van der Waals surface area contributed by atoms with Crippen LogP contribution in [0.1, 0.15) is 27.0 Å². The number of rotatable bonds is 5. The summed E-state index contributed by atoms with van der Waals surface area (Å²) in [5.74, 6) is -1.37. The molecule has 2 rings (SSSR count). The largest absolute Gasteiger partial charge is 0.477 e. The lowest BCUT2D eigenvalue weighted by atomic mass is 10.2. The first-order chi connectivity index (χ1) is 9.81. The second-order valence-electron chi connectivity index (χ2n) is 4.15.